The van der Waals surface area contributed by atoms with Gasteiger partial charge in [-0.25, -0.2) is 0 Å². The average Bonchev–Trinajstić information content (AvgIpc) is 3.05. The molecule has 4 aliphatic carbocycles. The van der Waals surface area contributed by atoms with E-state index in [-0.39, 0.29) is 29.7 Å². The Bertz CT molecular complexity index is 739. The molecule has 4 aliphatic rings. The third-order valence-electron chi connectivity index (χ3n) is 10.3. The molecule has 0 saturated heterocycles. The molecule has 0 aromatic carbocycles. The van der Waals surface area contributed by atoms with Gasteiger partial charge in [-0.3, -0.25) is 9.59 Å². The molecule has 3 heteroatoms. The van der Waals surface area contributed by atoms with Crippen molar-refractivity contribution in [1.82, 2.24) is 0 Å². The lowest BCUT2D eigenvalue weighted by Crippen LogP contribution is -2.51. The summed E-state index contributed by atoms with van der Waals surface area (Å²) in [6, 6.07) is 0. The first kappa shape index (κ1) is 23.1. The normalized spacial score (nSPS) is 42.6. The second-order valence-corrected chi connectivity index (χ2v) is 12.0. The van der Waals surface area contributed by atoms with Crippen molar-refractivity contribution in [3.8, 4) is 0 Å². The van der Waals surface area contributed by atoms with Gasteiger partial charge < -0.3 is 4.74 Å². The number of hydrogen-bond acceptors (Lipinski definition) is 3. The standard InChI is InChI=1S/C28H44O3/c1-6-7-18(2)23-10-11-24-22-9-8-20-17-21(31-26(30)16-19(3)29)12-14-27(20,4)25(22)13-15-28(23,24)5/h8,18,21-25H,6-7,9-17H2,1-5H3/t18-,21+,22?,23?,24?,25?,27+,28-/m1/s1. The molecule has 31 heavy (non-hydrogen) atoms. The fourth-order valence-corrected chi connectivity index (χ4v) is 8.79. The van der Waals surface area contributed by atoms with E-state index in [0.29, 0.717) is 5.41 Å². The van der Waals surface area contributed by atoms with E-state index in [1.54, 1.807) is 0 Å². The molecule has 0 bridgehead atoms. The van der Waals surface area contributed by atoms with Crippen LogP contribution in [-0.4, -0.2) is 17.9 Å². The largest absolute Gasteiger partial charge is 0.462 e. The number of allylic oxidation sites excluding steroid dienone is 1. The van der Waals surface area contributed by atoms with Gasteiger partial charge in [0.2, 0.25) is 0 Å². The zero-order valence-corrected chi connectivity index (χ0v) is 20.5. The van der Waals surface area contributed by atoms with Crippen LogP contribution in [0.5, 0.6) is 0 Å². The Morgan fingerprint density at radius 2 is 1.90 bits per heavy atom. The Hall–Kier alpha value is -1.12. The fourth-order valence-electron chi connectivity index (χ4n) is 8.79. The van der Waals surface area contributed by atoms with Crippen LogP contribution in [0.15, 0.2) is 11.6 Å². The minimum Gasteiger partial charge on any atom is -0.462 e. The van der Waals surface area contributed by atoms with Crippen LogP contribution in [0, 0.1) is 40.4 Å². The first-order valence-electron chi connectivity index (χ1n) is 13.1. The van der Waals surface area contributed by atoms with Crippen molar-refractivity contribution < 1.29 is 14.3 Å². The maximum atomic E-state index is 12.0. The van der Waals surface area contributed by atoms with Crippen molar-refractivity contribution in [2.45, 2.75) is 111 Å². The van der Waals surface area contributed by atoms with Crippen molar-refractivity contribution in [2.24, 2.45) is 40.4 Å². The number of carbonyl (C=O) groups is 2. The van der Waals surface area contributed by atoms with Crippen molar-refractivity contribution in [1.29, 1.82) is 0 Å². The second-order valence-electron chi connectivity index (χ2n) is 12.0. The van der Waals surface area contributed by atoms with Gasteiger partial charge >= 0.3 is 5.97 Å². The van der Waals surface area contributed by atoms with Gasteiger partial charge in [0, 0.05) is 6.42 Å². The minimum atomic E-state index is -0.345. The molecule has 8 atom stereocenters. The van der Waals surface area contributed by atoms with E-state index in [1.807, 2.05) is 0 Å². The molecule has 0 aliphatic heterocycles. The molecular weight excluding hydrogens is 384 g/mol. The molecule has 4 rings (SSSR count). The van der Waals surface area contributed by atoms with Crippen molar-refractivity contribution in [3.63, 3.8) is 0 Å². The number of esters is 1. The number of Topliss-reactive ketones (excluding diaryl/α,β-unsaturated/α-hetero) is 1. The second kappa shape index (κ2) is 8.67. The predicted octanol–water partition coefficient (Wildman–Crippen LogP) is 6.89. The molecular formula is C28H44O3. The lowest BCUT2D eigenvalue weighted by molar-refractivity contribution is -0.153. The number of hydrogen-bond donors (Lipinski definition) is 0. The van der Waals surface area contributed by atoms with E-state index in [2.05, 4.69) is 33.8 Å². The van der Waals surface area contributed by atoms with Crippen LogP contribution >= 0.6 is 0 Å². The van der Waals surface area contributed by atoms with E-state index in [4.69, 9.17) is 4.74 Å². The Morgan fingerprint density at radius 3 is 2.61 bits per heavy atom. The van der Waals surface area contributed by atoms with Crippen LogP contribution < -0.4 is 0 Å². The third kappa shape index (κ3) is 4.04. The summed E-state index contributed by atoms with van der Waals surface area (Å²) >= 11 is 0. The smallest absolute Gasteiger partial charge is 0.313 e. The molecule has 0 aromatic heterocycles. The molecule has 0 amide bonds. The molecule has 0 aromatic rings. The van der Waals surface area contributed by atoms with E-state index < -0.39 is 0 Å². The zero-order chi connectivity index (χ0) is 22.4. The number of carbonyl (C=O) groups excluding carboxylic acids is 2. The van der Waals surface area contributed by atoms with Crippen molar-refractivity contribution >= 4 is 11.8 Å². The van der Waals surface area contributed by atoms with Gasteiger partial charge in [0.05, 0.1) is 0 Å². The van der Waals surface area contributed by atoms with Crippen LogP contribution in [0.3, 0.4) is 0 Å². The molecule has 0 radical (unpaired) electrons. The number of ether oxygens (including phenoxy) is 1. The quantitative estimate of drug-likeness (QED) is 0.263. The maximum Gasteiger partial charge on any atom is 0.313 e. The third-order valence-corrected chi connectivity index (χ3v) is 10.3. The number of ketones is 1. The van der Waals surface area contributed by atoms with Gasteiger partial charge in [-0.05, 0) is 92.3 Å². The number of fused-ring (bicyclic) bond motifs is 5. The summed E-state index contributed by atoms with van der Waals surface area (Å²) in [5, 5.41) is 0. The first-order chi connectivity index (χ1) is 14.7. The summed E-state index contributed by atoms with van der Waals surface area (Å²) in [4.78, 5) is 23.3. The fraction of sp³-hybridized carbons (Fsp3) is 0.857. The minimum absolute atomic E-state index is 0.0395. The SMILES string of the molecule is CCC[C@@H](C)C1CCC2C3CC=C4C[C@@H](OC(=O)CC(C)=O)CC[C@]4(C)C3CC[C@@]21C. The van der Waals surface area contributed by atoms with E-state index in [9.17, 15) is 9.59 Å². The van der Waals surface area contributed by atoms with Gasteiger partial charge in [-0.2, -0.15) is 0 Å². The topological polar surface area (TPSA) is 43.4 Å². The first-order valence-corrected chi connectivity index (χ1v) is 13.1. The average molecular weight is 429 g/mol. The zero-order valence-electron chi connectivity index (χ0n) is 20.5. The van der Waals surface area contributed by atoms with Crippen molar-refractivity contribution in [3.05, 3.63) is 11.6 Å². The number of rotatable bonds is 6. The highest BCUT2D eigenvalue weighted by Crippen LogP contribution is 2.67. The Morgan fingerprint density at radius 1 is 1.13 bits per heavy atom. The molecule has 0 N–H and O–H groups in total. The molecule has 4 unspecified atom stereocenters. The summed E-state index contributed by atoms with van der Waals surface area (Å²) in [5.41, 5.74) is 2.36. The monoisotopic (exact) mass is 428 g/mol. The molecule has 0 spiro atoms. The van der Waals surface area contributed by atoms with E-state index in [1.165, 1.54) is 57.4 Å². The van der Waals surface area contributed by atoms with Gasteiger partial charge in [0.25, 0.3) is 0 Å². The van der Waals surface area contributed by atoms with Crippen LogP contribution in [0.2, 0.25) is 0 Å². The summed E-state index contributed by atoms with van der Waals surface area (Å²) in [5.74, 6) is 3.83. The molecule has 0 heterocycles. The van der Waals surface area contributed by atoms with E-state index >= 15 is 0 Å². The van der Waals surface area contributed by atoms with Crippen LogP contribution in [-0.2, 0) is 14.3 Å². The highest BCUT2D eigenvalue weighted by Gasteiger charge is 2.59. The summed E-state index contributed by atoms with van der Waals surface area (Å²) in [7, 11) is 0. The van der Waals surface area contributed by atoms with Crippen LogP contribution in [0.4, 0.5) is 0 Å². The molecule has 3 fully saturated rings. The predicted molar refractivity (Wildman–Crippen MR) is 124 cm³/mol. The van der Waals surface area contributed by atoms with Crippen LogP contribution in [0.1, 0.15) is 105 Å². The van der Waals surface area contributed by atoms with Gasteiger partial charge in [0.15, 0.2) is 0 Å². The summed E-state index contributed by atoms with van der Waals surface area (Å²) < 4.78 is 5.68. The summed E-state index contributed by atoms with van der Waals surface area (Å²) in [6.45, 7) is 11.5. The molecule has 174 valence electrons. The highest BCUT2D eigenvalue weighted by atomic mass is 16.5. The lowest BCUT2D eigenvalue weighted by atomic mass is 9.47. The van der Waals surface area contributed by atoms with Gasteiger partial charge in [-0.15, -0.1) is 0 Å². The Kier molecular flexibility index (Phi) is 6.45. The van der Waals surface area contributed by atoms with Crippen molar-refractivity contribution in [2.75, 3.05) is 0 Å². The maximum absolute atomic E-state index is 12.0. The Labute approximate surface area is 189 Å². The summed E-state index contributed by atoms with van der Waals surface area (Å²) in [6.07, 6.45) is 14.9. The van der Waals surface area contributed by atoms with E-state index in [0.717, 1.165) is 48.9 Å². The Balaban J connectivity index is 1.48. The van der Waals surface area contributed by atoms with Crippen LogP contribution in [0.25, 0.3) is 0 Å². The highest BCUT2D eigenvalue weighted by molar-refractivity contribution is 5.94. The molecule has 3 saturated carbocycles. The van der Waals surface area contributed by atoms with Gasteiger partial charge in [-0.1, -0.05) is 52.2 Å². The lowest BCUT2D eigenvalue weighted by Gasteiger charge is -2.58. The van der Waals surface area contributed by atoms with Gasteiger partial charge in [0.1, 0.15) is 18.3 Å². The molecule has 3 nitrogen and oxygen atoms in total.